The minimum atomic E-state index is -0.938. The van der Waals surface area contributed by atoms with Gasteiger partial charge >= 0.3 is 5.97 Å². The fourth-order valence-electron chi connectivity index (χ4n) is 1.35. The van der Waals surface area contributed by atoms with Gasteiger partial charge < -0.3 is 10.1 Å². The molecule has 2 N–H and O–H groups in total. The van der Waals surface area contributed by atoms with Gasteiger partial charge in [0.25, 0.3) is 0 Å². The Kier molecular flexibility index (Phi) is 2.77. The van der Waals surface area contributed by atoms with E-state index in [4.69, 9.17) is 5.11 Å². The highest BCUT2D eigenvalue weighted by atomic mass is 127. The highest BCUT2D eigenvalue weighted by Crippen LogP contribution is 2.21. The van der Waals surface area contributed by atoms with E-state index in [9.17, 15) is 4.79 Å². The molecule has 1 aromatic heterocycles. The molecule has 0 saturated carbocycles. The van der Waals surface area contributed by atoms with Gasteiger partial charge in [-0.15, -0.1) is 0 Å². The maximum absolute atomic E-state index is 10.7. The quantitative estimate of drug-likeness (QED) is 0.838. The van der Waals surface area contributed by atoms with Crippen molar-refractivity contribution in [3.8, 4) is 11.1 Å². The van der Waals surface area contributed by atoms with Crippen LogP contribution < -0.4 is 0 Å². The number of aromatic nitrogens is 1. The lowest BCUT2D eigenvalue weighted by Gasteiger charge is -1.97. The van der Waals surface area contributed by atoms with Crippen LogP contribution in [-0.2, 0) is 0 Å². The number of hydrogen-bond acceptors (Lipinski definition) is 1. The van der Waals surface area contributed by atoms with Gasteiger partial charge in [0.2, 0.25) is 0 Å². The molecule has 0 aliphatic carbocycles. The molecule has 0 fully saturated rings. The molecule has 0 spiro atoms. The standard InChI is InChI=1S/C11H8INO2/c12-9-3-1-2-7(4-9)8-5-10(11(14)15)13-6-8/h1-6,13H,(H,14,15). The number of rotatable bonds is 2. The maximum atomic E-state index is 10.7. The Morgan fingerprint density at radius 1 is 1.27 bits per heavy atom. The summed E-state index contributed by atoms with van der Waals surface area (Å²) in [5.74, 6) is -0.938. The fourth-order valence-corrected chi connectivity index (χ4v) is 1.90. The predicted molar refractivity (Wildman–Crippen MR) is 65.9 cm³/mol. The molecule has 0 aliphatic rings. The fraction of sp³-hybridized carbons (Fsp3) is 0. The van der Waals surface area contributed by atoms with Gasteiger partial charge in [0.1, 0.15) is 5.69 Å². The summed E-state index contributed by atoms with van der Waals surface area (Å²) in [6.45, 7) is 0. The van der Waals surface area contributed by atoms with Crippen molar-refractivity contribution < 1.29 is 9.90 Å². The lowest BCUT2D eigenvalue weighted by molar-refractivity contribution is 0.0691. The molecule has 0 bridgehead atoms. The third kappa shape index (κ3) is 2.20. The van der Waals surface area contributed by atoms with Crippen LogP contribution in [0.5, 0.6) is 0 Å². The minimum absolute atomic E-state index is 0.212. The third-order valence-electron chi connectivity index (χ3n) is 2.07. The number of hydrogen-bond donors (Lipinski definition) is 2. The first-order valence-corrected chi connectivity index (χ1v) is 5.42. The molecule has 0 saturated heterocycles. The van der Waals surface area contributed by atoms with Gasteiger partial charge in [-0.1, -0.05) is 12.1 Å². The van der Waals surface area contributed by atoms with Crippen molar-refractivity contribution in [3.05, 3.63) is 45.8 Å². The number of aromatic amines is 1. The molecular formula is C11H8INO2. The second-order valence-electron chi connectivity index (χ2n) is 3.12. The third-order valence-corrected chi connectivity index (χ3v) is 2.74. The first-order valence-electron chi connectivity index (χ1n) is 4.34. The second kappa shape index (κ2) is 4.06. The van der Waals surface area contributed by atoms with Crippen molar-refractivity contribution >= 4 is 28.6 Å². The van der Waals surface area contributed by atoms with Gasteiger partial charge in [-0.3, -0.25) is 0 Å². The Labute approximate surface area is 100 Å². The van der Waals surface area contributed by atoms with Gasteiger partial charge in [-0.25, -0.2) is 4.79 Å². The smallest absolute Gasteiger partial charge is 0.352 e. The number of H-pyrrole nitrogens is 1. The first-order chi connectivity index (χ1) is 7.16. The normalized spacial score (nSPS) is 10.2. The van der Waals surface area contributed by atoms with Gasteiger partial charge in [0.05, 0.1) is 0 Å². The second-order valence-corrected chi connectivity index (χ2v) is 4.36. The lowest BCUT2D eigenvalue weighted by Crippen LogP contribution is -1.94. The summed E-state index contributed by atoms with van der Waals surface area (Å²) in [5, 5.41) is 8.77. The van der Waals surface area contributed by atoms with E-state index in [0.29, 0.717) is 0 Å². The zero-order valence-electron chi connectivity index (χ0n) is 7.70. The summed E-state index contributed by atoms with van der Waals surface area (Å²) in [4.78, 5) is 13.4. The Bertz CT molecular complexity index is 505. The number of nitrogens with one attached hydrogen (secondary N) is 1. The van der Waals surface area contributed by atoms with Gasteiger partial charge in [0, 0.05) is 15.3 Å². The van der Waals surface area contributed by atoms with E-state index in [1.807, 2.05) is 24.3 Å². The minimum Gasteiger partial charge on any atom is -0.477 e. The van der Waals surface area contributed by atoms with Crippen molar-refractivity contribution in [3.63, 3.8) is 0 Å². The molecule has 4 heteroatoms. The highest BCUT2D eigenvalue weighted by Gasteiger charge is 2.07. The number of aromatic carboxylic acids is 1. The van der Waals surface area contributed by atoms with Crippen LogP contribution in [0, 0.1) is 3.57 Å². The Balaban J connectivity index is 2.41. The zero-order chi connectivity index (χ0) is 10.8. The molecule has 0 aliphatic heterocycles. The van der Waals surface area contributed by atoms with Crippen LogP contribution in [0.1, 0.15) is 10.5 Å². The average molecular weight is 313 g/mol. The summed E-state index contributed by atoms with van der Waals surface area (Å²) in [5.41, 5.74) is 2.13. The first kappa shape index (κ1) is 10.2. The molecule has 0 unspecified atom stereocenters. The predicted octanol–water partition coefficient (Wildman–Crippen LogP) is 2.98. The molecule has 76 valence electrons. The summed E-state index contributed by atoms with van der Waals surface area (Å²) < 4.78 is 1.13. The van der Waals surface area contributed by atoms with Crippen LogP contribution in [0.4, 0.5) is 0 Å². The number of carboxylic acids is 1. The molecular weight excluding hydrogens is 305 g/mol. The lowest BCUT2D eigenvalue weighted by atomic mass is 10.1. The van der Waals surface area contributed by atoms with E-state index < -0.39 is 5.97 Å². The molecule has 1 aromatic carbocycles. The van der Waals surface area contributed by atoms with E-state index in [1.54, 1.807) is 12.3 Å². The summed E-state index contributed by atoms with van der Waals surface area (Å²) >= 11 is 2.23. The average Bonchev–Trinajstić information content (AvgIpc) is 2.66. The summed E-state index contributed by atoms with van der Waals surface area (Å²) in [6.07, 6.45) is 1.70. The topological polar surface area (TPSA) is 53.1 Å². The van der Waals surface area contributed by atoms with E-state index in [0.717, 1.165) is 14.7 Å². The zero-order valence-corrected chi connectivity index (χ0v) is 9.86. The molecule has 0 radical (unpaired) electrons. The molecule has 15 heavy (non-hydrogen) atoms. The maximum Gasteiger partial charge on any atom is 0.352 e. The molecule has 2 rings (SSSR count). The Morgan fingerprint density at radius 2 is 2.07 bits per heavy atom. The van der Waals surface area contributed by atoms with Crippen molar-refractivity contribution in [1.82, 2.24) is 4.98 Å². The molecule has 0 amide bonds. The number of carbonyl (C=O) groups is 1. The van der Waals surface area contributed by atoms with Crippen LogP contribution in [0.2, 0.25) is 0 Å². The van der Waals surface area contributed by atoms with E-state index in [2.05, 4.69) is 27.6 Å². The van der Waals surface area contributed by atoms with Crippen LogP contribution in [-0.4, -0.2) is 16.1 Å². The number of carboxylic acid groups (broad SMARTS) is 1. The van der Waals surface area contributed by atoms with Gasteiger partial charge in [-0.05, 0) is 46.4 Å². The number of halogens is 1. The van der Waals surface area contributed by atoms with E-state index >= 15 is 0 Å². The number of benzene rings is 1. The summed E-state index contributed by atoms with van der Waals surface area (Å²) in [6, 6.07) is 9.54. The van der Waals surface area contributed by atoms with Crippen LogP contribution in [0.15, 0.2) is 36.5 Å². The van der Waals surface area contributed by atoms with Crippen molar-refractivity contribution in [2.75, 3.05) is 0 Å². The SMILES string of the molecule is O=C(O)c1cc(-c2cccc(I)c2)c[nH]1. The molecule has 0 atom stereocenters. The largest absolute Gasteiger partial charge is 0.477 e. The van der Waals surface area contributed by atoms with Crippen molar-refractivity contribution in [2.45, 2.75) is 0 Å². The van der Waals surface area contributed by atoms with Crippen LogP contribution in [0.25, 0.3) is 11.1 Å². The van der Waals surface area contributed by atoms with Crippen LogP contribution >= 0.6 is 22.6 Å². The summed E-state index contributed by atoms with van der Waals surface area (Å²) in [7, 11) is 0. The van der Waals surface area contributed by atoms with Crippen LogP contribution in [0.3, 0.4) is 0 Å². The van der Waals surface area contributed by atoms with Crippen molar-refractivity contribution in [1.29, 1.82) is 0 Å². The Morgan fingerprint density at radius 3 is 2.67 bits per heavy atom. The molecule has 1 heterocycles. The van der Waals surface area contributed by atoms with Crippen molar-refractivity contribution in [2.24, 2.45) is 0 Å². The Hall–Kier alpha value is -1.30. The van der Waals surface area contributed by atoms with E-state index in [1.165, 1.54) is 0 Å². The molecule has 2 aromatic rings. The van der Waals surface area contributed by atoms with E-state index in [-0.39, 0.29) is 5.69 Å². The van der Waals surface area contributed by atoms with Gasteiger partial charge in [-0.2, -0.15) is 0 Å². The molecule has 3 nitrogen and oxygen atoms in total. The van der Waals surface area contributed by atoms with Gasteiger partial charge in [0.15, 0.2) is 0 Å². The highest BCUT2D eigenvalue weighted by molar-refractivity contribution is 14.1. The monoisotopic (exact) mass is 313 g/mol.